The summed E-state index contributed by atoms with van der Waals surface area (Å²) in [6.07, 6.45) is 3.21. The van der Waals surface area contributed by atoms with E-state index in [0.29, 0.717) is 11.4 Å². The van der Waals surface area contributed by atoms with Crippen molar-refractivity contribution >= 4 is 17.6 Å². The third kappa shape index (κ3) is 3.08. The van der Waals surface area contributed by atoms with Gasteiger partial charge >= 0.3 is 5.97 Å². The van der Waals surface area contributed by atoms with Crippen LogP contribution in [0.15, 0.2) is 47.5 Å². The Hall–Kier alpha value is -2.07. The van der Waals surface area contributed by atoms with Crippen molar-refractivity contribution in [1.29, 1.82) is 0 Å². The molecule has 0 unspecified atom stereocenters. The maximum atomic E-state index is 12.0. The van der Waals surface area contributed by atoms with Crippen LogP contribution in [0.3, 0.4) is 0 Å². The lowest BCUT2D eigenvalue weighted by Crippen LogP contribution is -2.15. The van der Waals surface area contributed by atoms with E-state index in [9.17, 15) is 9.59 Å². The number of rotatable bonds is 4. The summed E-state index contributed by atoms with van der Waals surface area (Å²) < 4.78 is 6.23. The van der Waals surface area contributed by atoms with E-state index in [2.05, 4.69) is 4.74 Å². The van der Waals surface area contributed by atoms with Crippen LogP contribution in [-0.4, -0.2) is 17.6 Å². The number of halogens is 1. The van der Waals surface area contributed by atoms with Gasteiger partial charge in [-0.3, -0.25) is 9.59 Å². The first-order valence-electron chi connectivity index (χ1n) is 6.07. The van der Waals surface area contributed by atoms with Gasteiger partial charge in [-0.15, -0.1) is 11.6 Å². The van der Waals surface area contributed by atoms with Gasteiger partial charge in [0.25, 0.3) is 0 Å². The van der Waals surface area contributed by atoms with Crippen molar-refractivity contribution in [2.45, 2.75) is 12.4 Å². The summed E-state index contributed by atoms with van der Waals surface area (Å²) in [6, 6.07) is 8.87. The molecule has 0 radical (unpaired) electrons. The quantitative estimate of drug-likeness (QED) is 0.642. The summed E-state index contributed by atoms with van der Waals surface area (Å²) in [5.41, 5.74) is 2.07. The minimum Gasteiger partial charge on any atom is -0.468 e. The standard InChI is InChI=1S/C15H14ClNO3/c1-20-15(19)10-17-7-6-14(18)13(9-17)12-5-3-2-4-11(12)8-16/h2-7,9H,8,10H2,1H3. The highest BCUT2D eigenvalue weighted by molar-refractivity contribution is 6.17. The molecule has 1 heterocycles. The number of nitrogens with zero attached hydrogens (tertiary/aromatic N) is 1. The van der Waals surface area contributed by atoms with Crippen LogP contribution in [0, 0.1) is 0 Å². The van der Waals surface area contributed by atoms with E-state index in [1.54, 1.807) is 17.0 Å². The van der Waals surface area contributed by atoms with Crippen LogP contribution >= 0.6 is 11.6 Å². The van der Waals surface area contributed by atoms with Gasteiger partial charge in [0.2, 0.25) is 0 Å². The summed E-state index contributed by atoms with van der Waals surface area (Å²) in [6.45, 7) is 0.0623. The third-order valence-electron chi connectivity index (χ3n) is 2.97. The minimum atomic E-state index is -0.370. The number of hydrogen-bond donors (Lipinski definition) is 0. The average molecular weight is 292 g/mol. The lowest BCUT2D eigenvalue weighted by Gasteiger charge is -2.10. The van der Waals surface area contributed by atoms with Crippen LogP contribution in [0.5, 0.6) is 0 Å². The number of benzene rings is 1. The Morgan fingerprint density at radius 3 is 2.70 bits per heavy atom. The summed E-state index contributed by atoms with van der Waals surface area (Å²) in [5.74, 6) is -0.0492. The molecule has 0 aliphatic carbocycles. The lowest BCUT2D eigenvalue weighted by atomic mass is 10.0. The normalized spacial score (nSPS) is 10.3. The van der Waals surface area contributed by atoms with Gasteiger partial charge in [0.15, 0.2) is 5.43 Å². The predicted molar refractivity (Wildman–Crippen MR) is 77.7 cm³/mol. The maximum Gasteiger partial charge on any atom is 0.325 e. The summed E-state index contributed by atoms with van der Waals surface area (Å²) in [7, 11) is 1.33. The zero-order chi connectivity index (χ0) is 14.5. The molecule has 0 aliphatic heterocycles. The fourth-order valence-electron chi connectivity index (χ4n) is 1.94. The molecule has 2 aromatic rings. The summed E-state index contributed by atoms with van der Waals surface area (Å²) in [4.78, 5) is 23.3. The van der Waals surface area contributed by atoms with Gasteiger partial charge in [-0.05, 0) is 11.1 Å². The number of alkyl halides is 1. The van der Waals surface area contributed by atoms with Crippen LogP contribution in [-0.2, 0) is 22.0 Å². The molecule has 0 saturated heterocycles. The van der Waals surface area contributed by atoms with E-state index in [1.165, 1.54) is 13.2 Å². The first-order valence-corrected chi connectivity index (χ1v) is 6.60. The molecule has 4 nitrogen and oxygen atoms in total. The van der Waals surface area contributed by atoms with Gasteiger partial charge in [-0.2, -0.15) is 0 Å². The van der Waals surface area contributed by atoms with Gasteiger partial charge in [0.05, 0.1) is 7.11 Å². The number of ether oxygens (including phenoxy) is 1. The largest absolute Gasteiger partial charge is 0.468 e. The Balaban J connectivity index is 2.48. The molecule has 0 fully saturated rings. The molecule has 0 bridgehead atoms. The molecule has 0 saturated carbocycles. The van der Waals surface area contributed by atoms with E-state index in [-0.39, 0.29) is 17.9 Å². The molecule has 2 rings (SSSR count). The monoisotopic (exact) mass is 291 g/mol. The Labute approximate surface area is 121 Å². The van der Waals surface area contributed by atoms with Crippen LogP contribution in [0.4, 0.5) is 0 Å². The van der Waals surface area contributed by atoms with Crippen molar-refractivity contribution in [2.24, 2.45) is 0 Å². The van der Waals surface area contributed by atoms with Gasteiger partial charge in [0, 0.05) is 29.9 Å². The number of hydrogen-bond acceptors (Lipinski definition) is 3. The smallest absolute Gasteiger partial charge is 0.325 e. The number of aromatic nitrogens is 1. The van der Waals surface area contributed by atoms with Crippen molar-refractivity contribution in [1.82, 2.24) is 4.57 Å². The lowest BCUT2D eigenvalue weighted by molar-refractivity contribution is -0.141. The van der Waals surface area contributed by atoms with E-state index < -0.39 is 0 Å². The highest BCUT2D eigenvalue weighted by Crippen LogP contribution is 2.21. The molecule has 1 aromatic carbocycles. The fraction of sp³-hybridized carbons (Fsp3) is 0.200. The van der Waals surface area contributed by atoms with E-state index in [4.69, 9.17) is 11.6 Å². The second-order valence-corrected chi connectivity index (χ2v) is 4.53. The number of pyridine rings is 1. The van der Waals surface area contributed by atoms with Crippen molar-refractivity contribution < 1.29 is 9.53 Å². The van der Waals surface area contributed by atoms with Gasteiger partial charge in [-0.1, -0.05) is 24.3 Å². The zero-order valence-corrected chi connectivity index (χ0v) is 11.8. The fourth-order valence-corrected chi connectivity index (χ4v) is 2.17. The Bertz CT molecular complexity index is 679. The van der Waals surface area contributed by atoms with Crippen LogP contribution in [0.2, 0.25) is 0 Å². The molecule has 20 heavy (non-hydrogen) atoms. The second kappa shape index (κ2) is 6.39. The average Bonchev–Trinajstić information content (AvgIpc) is 2.49. The summed E-state index contributed by atoms with van der Waals surface area (Å²) in [5, 5.41) is 0. The van der Waals surface area contributed by atoms with Gasteiger partial charge in [0.1, 0.15) is 6.54 Å². The first kappa shape index (κ1) is 14.3. The molecule has 0 spiro atoms. The summed E-state index contributed by atoms with van der Waals surface area (Å²) >= 11 is 5.90. The number of esters is 1. The molecule has 0 amide bonds. The third-order valence-corrected chi connectivity index (χ3v) is 3.26. The number of methoxy groups -OCH3 is 1. The van der Waals surface area contributed by atoms with Crippen molar-refractivity contribution in [3.63, 3.8) is 0 Å². The molecule has 0 atom stereocenters. The topological polar surface area (TPSA) is 48.3 Å². The molecule has 5 heteroatoms. The van der Waals surface area contributed by atoms with Crippen molar-refractivity contribution in [2.75, 3.05) is 7.11 Å². The number of carbonyl (C=O) groups excluding carboxylic acids is 1. The van der Waals surface area contributed by atoms with Crippen molar-refractivity contribution in [3.8, 4) is 11.1 Å². The molecule has 1 aromatic heterocycles. The SMILES string of the molecule is COC(=O)Cn1ccc(=O)c(-c2ccccc2CCl)c1. The van der Waals surface area contributed by atoms with Crippen LogP contribution in [0.25, 0.3) is 11.1 Å². The van der Waals surface area contributed by atoms with Gasteiger partial charge < -0.3 is 9.30 Å². The Morgan fingerprint density at radius 2 is 2.00 bits per heavy atom. The zero-order valence-electron chi connectivity index (χ0n) is 11.0. The predicted octanol–water partition coefficient (Wildman–Crippen LogP) is 2.43. The Kier molecular flexibility index (Phi) is 4.58. The van der Waals surface area contributed by atoms with E-state index in [1.807, 2.05) is 24.3 Å². The van der Waals surface area contributed by atoms with Crippen LogP contribution in [0.1, 0.15) is 5.56 Å². The first-order chi connectivity index (χ1) is 9.65. The Morgan fingerprint density at radius 1 is 1.25 bits per heavy atom. The van der Waals surface area contributed by atoms with Gasteiger partial charge in [-0.25, -0.2) is 0 Å². The molecule has 0 N–H and O–H groups in total. The maximum absolute atomic E-state index is 12.0. The van der Waals surface area contributed by atoms with E-state index in [0.717, 1.165) is 11.1 Å². The van der Waals surface area contributed by atoms with Crippen LogP contribution < -0.4 is 5.43 Å². The second-order valence-electron chi connectivity index (χ2n) is 4.26. The molecular formula is C15H14ClNO3. The highest BCUT2D eigenvalue weighted by Gasteiger charge is 2.09. The molecular weight excluding hydrogens is 278 g/mol. The minimum absolute atomic E-state index is 0.0623. The molecule has 0 aliphatic rings. The number of carbonyl (C=O) groups is 1. The molecule has 104 valence electrons. The van der Waals surface area contributed by atoms with E-state index >= 15 is 0 Å². The highest BCUT2D eigenvalue weighted by atomic mass is 35.5. The van der Waals surface area contributed by atoms with Crippen molar-refractivity contribution in [3.05, 3.63) is 58.5 Å².